The minimum Gasteiger partial charge on any atom is -0.480 e. The van der Waals surface area contributed by atoms with Crippen molar-refractivity contribution in [1.29, 1.82) is 0 Å². The van der Waals surface area contributed by atoms with Crippen molar-refractivity contribution in [2.24, 2.45) is 5.73 Å². The van der Waals surface area contributed by atoms with Crippen molar-refractivity contribution >= 4 is 57.3 Å². The summed E-state index contributed by atoms with van der Waals surface area (Å²) >= 11 is 1.47. The number of hydrogen-bond donors (Lipinski definition) is 8. The Morgan fingerprint density at radius 1 is 0.791 bits per heavy atom. The highest BCUT2D eigenvalue weighted by Gasteiger charge is 2.30. The van der Waals surface area contributed by atoms with Gasteiger partial charge in [0.25, 0.3) is 0 Å². The predicted molar refractivity (Wildman–Crippen MR) is 165 cm³/mol. The molecule has 2 aromatic carbocycles. The number of aliphatic hydroxyl groups excluding tert-OH is 1. The number of aliphatic carboxylic acids is 1. The second-order valence-corrected chi connectivity index (χ2v) is 11.2. The van der Waals surface area contributed by atoms with E-state index >= 15 is 0 Å². The summed E-state index contributed by atoms with van der Waals surface area (Å²) in [4.78, 5) is 57.4. The lowest BCUT2D eigenvalue weighted by Crippen LogP contribution is -2.58. The van der Waals surface area contributed by atoms with Crippen LogP contribution in [0.15, 0.2) is 60.9 Å². The molecule has 0 aliphatic carbocycles. The smallest absolute Gasteiger partial charge is 0.326 e. The fourth-order valence-corrected chi connectivity index (χ4v) is 5.34. The van der Waals surface area contributed by atoms with E-state index in [1.54, 1.807) is 12.4 Å². The van der Waals surface area contributed by atoms with E-state index in [9.17, 15) is 29.4 Å². The number of H-pyrrole nitrogens is 2. The third-order valence-electron chi connectivity index (χ3n) is 7.22. The molecular weight excluding hydrogens is 572 g/mol. The van der Waals surface area contributed by atoms with Crippen molar-refractivity contribution in [3.63, 3.8) is 0 Å². The Kier molecular flexibility index (Phi) is 10.8. The fraction of sp³-hybridized carbons (Fsp3) is 0.333. The Labute approximate surface area is 252 Å². The topological polar surface area (TPSA) is 202 Å². The number of aromatic nitrogens is 2. The van der Waals surface area contributed by atoms with E-state index in [4.69, 9.17) is 5.73 Å². The maximum atomic E-state index is 13.2. The summed E-state index contributed by atoms with van der Waals surface area (Å²) in [6.07, 6.45) is 5.79. The molecule has 0 spiro atoms. The second-order valence-electron chi connectivity index (χ2n) is 10.2. The maximum absolute atomic E-state index is 13.2. The van der Waals surface area contributed by atoms with Crippen LogP contribution in [0, 0.1) is 0 Å². The van der Waals surface area contributed by atoms with E-state index in [0.717, 1.165) is 27.4 Å². The lowest BCUT2D eigenvalue weighted by atomic mass is 10.0. The van der Waals surface area contributed by atoms with Crippen LogP contribution in [0.4, 0.5) is 0 Å². The van der Waals surface area contributed by atoms with Gasteiger partial charge in [-0.15, -0.1) is 0 Å². The first-order valence-electron chi connectivity index (χ1n) is 13.8. The highest BCUT2D eigenvalue weighted by Crippen LogP contribution is 2.20. The van der Waals surface area contributed by atoms with Crippen LogP contribution in [0.3, 0.4) is 0 Å². The largest absolute Gasteiger partial charge is 0.480 e. The Morgan fingerprint density at radius 2 is 1.30 bits per heavy atom. The molecule has 43 heavy (non-hydrogen) atoms. The maximum Gasteiger partial charge on any atom is 0.326 e. The van der Waals surface area contributed by atoms with Gasteiger partial charge >= 0.3 is 5.97 Å². The van der Waals surface area contributed by atoms with Crippen LogP contribution in [0.5, 0.6) is 0 Å². The van der Waals surface area contributed by atoms with Gasteiger partial charge in [-0.25, -0.2) is 4.79 Å². The molecule has 9 N–H and O–H groups in total. The molecule has 13 heteroatoms. The molecule has 4 atom stereocenters. The van der Waals surface area contributed by atoms with E-state index < -0.39 is 54.5 Å². The minimum absolute atomic E-state index is 0.0160. The van der Waals surface area contributed by atoms with Crippen LogP contribution in [-0.2, 0) is 32.0 Å². The SMILES string of the molecule is CSCCC(NC(=O)C(N)Cc1c[nH]c2ccccc12)C(=O)NC(CO)C(=O)NC(Cc1c[nH]c2ccccc12)C(=O)O. The van der Waals surface area contributed by atoms with Gasteiger partial charge in [0.1, 0.15) is 18.1 Å². The highest BCUT2D eigenvalue weighted by molar-refractivity contribution is 7.98. The average Bonchev–Trinajstić information content (AvgIpc) is 3.61. The van der Waals surface area contributed by atoms with Crippen molar-refractivity contribution in [2.75, 3.05) is 18.6 Å². The molecule has 0 aliphatic heterocycles. The number of carbonyl (C=O) groups is 4. The van der Waals surface area contributed by atoms with Gasteiger partial charge in [-0.2, -0.15) is 11.8 Å². The molecular formula is C30H36N6O6S. The van der Waals surface area contributed by atoms with Crippen molar-refractivity contribution in [2.45, 2.75) is 43.4 Å². The number of rotatable bonds is 15. The van der Waals surface area contributed by atoms with Gasteiger partial charge in [0.15, 0.2) is 0 Å². The van der Waals surface area contributed by atoms with E-state index in [0.29, 0.717) is 11.3 Å². The van der Waals surface area contributed by atoms with Crippen molar-refractivity contribution in [3.05, 3.63) is 72.1 Å². The van der Waals surface area contributed by atoms with Crippen molar-refractivity contribution in [3.8, 4) is 0 Å². The van der Waals surface area contributed by atoms with E-state index in [2.05, 4.69) is 25.9 Å². The summed E-state index contributed by atoms with van der Waals surface area (Å²) in [5.41, 5.74) is 9.50. The van der Waals surface area contributed by atoms with Gasteiger partial charge in [0.2, 0.25) is 17.7 Å². The van der Waals surface area contributed by atoms with Crippen LogP contribution in [0.1, 0.15) is 17.5 Å². The number of carboxylic acid groups (broad SMARTS) is 1. The van der Waals surface area contributed by atoms with Crippen molar-refractivity contribution in [1.82, 2.24) is 25.9 Å². The number of para-hydroxylation sites is 2. The number of carbonyl (C=O) groups excluding carboxylic acids is 3. The summed E-state index contributed by atoms with van der Waals surface area (Å²) in [5, 5.41) is 29.0. The molecule has 0 saturated heterocycles. The molecule has 12 nitrogen and oxygen atoms in total. The molecule has 228 valence electrons. The summed E-state index contributed by atoms with van der Waals surface area (Å²) in [7, 11) is 0. The van der Waals surface area contributed by atoms with E-state index in [1.807, 2.05) is 54.8 Å². The third kappa shape index (κ3) is 7.95. The van der Waals surface area contributed by atoms with Crippen molar-refractivity contribution < 1.29 is 29.4 Å². The lowest BCUT2D eigenvalue weighted by Gasteiger charge is -2.24. The van der Waals surface area contributed by atoms with Gasteiger partial charge in [0.05, 0.1) is 12.6 Å². The number of nitrogens with one attached hydrogen (secondary N) is 5. The number of amides is 3. The van der Waals surface area contributed by atoms with Crippen LogP contribution >= 0.6 is 11.8 Å². The molecule has 0 bridgehead atoms. The molecule has 4 aromatic rings. The Bertz CT molecular complexity index is 1590. The number of benzene rings is 2. The molecule has 2 heterocycles. The molecule has 0 fully saturated rings. The average molecular weight is 609 g/mol. The normalized spacial score (nSPS) is 14.1. The molecule has 0 aliphatic rings. The van der Waals surface area contributed by atoms with E-state index in [-0.39, 0.29) is 19.3 Å². The standard InChI is InChI=1S/C30H36N6O6S/c1-43-11-10-24(34-27(38)21(31)12-17-14-32-22-8-4-2-6-19(17)22)28(39)36-26(16-37)29(40)35-25(30(41)42)13-18-15-33-23-9-5-3-7-20(18)23/h2-9,14-15,21,24-26,32-33,37H,10-13,16,31H2,1H3,(H,34,38)(H,35,40)(H,36,39)(H,41,42). The summed E-state index contributed by atoms with van der Waals surface area (Å²) < 4.78 is 0. The number of aromatic amines is 2. The summed E-state index contributed by atoms with van der Waals surface area (Å²) in [5.74, 6) is -2.84. The lowest BCUT2D eigenvalue weighted by molar-refractivity contribution is -0.142. The first-order chi connectivity index (χ1) is 20.7. The zero-order chi connectivity index (χ0) is 30.9. The number of hydrogen-bond acceptors (Lipinski definition) is 7. The van der Waals surface area contributed by atoms with Crippen LogP contribution < -0.4 is 21.7 Å². The van der Waals surface area contributed by atoms with Gasteiger partial charge in [0, 0.05) is 40.6 Å². The fourth-order valence-electron chi connectivity index (χ4n) is 4.87. The predicted octanol–water partition coefficient (Wildman–Crippen LogP) is 1.05. The van der Waals surface area contributed by atoms with Gasteiger partial charge < -0.3 is 41.9 Å². The van der Waals surface area contributed by atoms with Gasteiger partial charge in [-0.1, -0.05) is 36.4 Å². The van der Waals surface area contributed by atoms with Crippen LogP contribution in [-0.4, -0.2) is 86.7 Å². The third-order valence-corrected chi connectivity index (χ3v) is 7.87. The Balaban J connectivity index is 1.38. The number of nitrogens with two attached hydrogens (primary N) is 1. The molecule has 4 rings (SSSR count). The zero-order valence-corrected chi connectivity index (χ0v) is 24.4. The Hall–Kier alpha value is -4.33. The highest BCUT2D eigenvalue weighted by atomic mass is 32.2. The quantitative estimate of drug-likeness (QED) is 0.0978. The van der Waals surface area contributed by atoms with Crippen LogP contribution in [0.2, 0.25) is 0 Å². The Morgan fingerprint density at radius 3 is 1.86 bits per heavy atom. The first kappa shape index (κ1) is 31.6. The van der Waals surface area contributed by atoms with Crippen LogP contribution in [0.25, 0.3) is 21.8 Å². The molecule has 0 radical (unpaired) electrons. The number of thioether (sulfide) groups is 1. The monoisotopic (exact) mass is 608 g/mol. The molecule has 2 aromatic heterocycles. The summed E-state index contributed by atoms with van der Waals surface area (Å²) in [6, 6.07) is 10.3. The van der Waals surface area contributed by atoms with E-state index in [1.165, 1.54) is 11.8 Å². The second kappa shape index (κ2) is 14.7. The van der Waals surface area contributed by atoms with Gasteiger partial charge in [-0.05, 0) is 48.1 Å². The number of fused-ring (bicyclic) bond motifs is 2. The first-order valence-corrected chi connectivity index (χ1v) is 15.2. The molecule has 3 amide bonds. The summed E-state index contributed by atoms with van der Waals surface area (Å²) in [6.45, 7) is -0.778. The number of carboxylic acids is 1. The van der Waals surface area contributed by atoms with Gasteiger partial charge in [-0.3, -0.25) is 14.4 Å². The molecule has 0 saturated carbocycles. The number of aliphatic hydroxyl groups is 1. The molecule has 4 unspecified atom stereocenters. The zero-order valence-electron chi connectivity index (χ0n) is 23.6. The minimum atomic E-state index is -1.44.